The van der Waals surface area contributed by atoms with Crippen LogP contribution in [0.4, 0.5) is 13.2 Å². The van der Waals surface area contributed by atoms with Crippen LogP contribution in [0.15, 0.2) is 22.4 Å². The van der Waals surface area contributed by atoms with Gasteiger partial charge < -0.3 is 4.74 Å². The summed E-state index contributed by atoms with van der Waals surface area (Å²) in [6.07, 6.45) is -0.576. The van der Waals surface area contributed by atoms with Gasteiger partial charge in [-0.05, 0) is 12.5 Å². The van der Waals surface area contributed by atoms with Crippen molar-refractivity contribution in [1.29, 1.82) is 0 Å². The summed E-state index contributed by atoms with van der Waals surface area (Å²) in [6.45, 7) is 0. The van der Waals surface area contributed by atoms with Crippen LogP contribution in [0, 0.1) is 0 Å². The third kappa shape index (κ3) is 3.30. The van der Waals surface area contributed by atoms with Gasteiger partial charge in [-0.2, -0.15) is 0 Å². The van der Waals surface area contributed by atoms with Crippen LogP contribution < -0.4 is 0 Å². The molecule has 0 spiro atoms. The van der Waals surface area contributed by atoms with E-state index in [1.165, 1.54) is 6.08 Å². The van der Waals surface area contributed by atoms with E-state index in [-0.39, 0.29) is 5.76 Å². The summed E-state index contributed by atoms with van der Waals surface area (Å²) in [6, 6.07) is 0. The Morgan fingerprint density at radius 2 is 2.08 bits per heavy atom. The van der Waals surface area contributed by atoms with E-state index in [9.17, 15) is 13.2 Å². The highest BCUT2D eigenvalue weighted by Crippen LogP contribution is 2.28. The summed E-state index contributed by atoms with van der Waals surface area (Å²) in [5.74, 6) is -0.0446. The summed E-state index contributed by atoms with van der Waals surface area (Å²) in [5.41, 5.74) is 0. The van der Waals surface area contributed by atoms with Crippen molar-refractivity contribution < 1.29 is 17.9 Å². The van der Waals surface area contributed by atoms with Crippen molar-refractivity contribution in [3.8, 4) is 0 Å². The number of ether oxygens (including phenoxy) is 1. The van der Waals surface area contributed by atoms with Crippen molar-refractivity contribution >= 4 is 15.9 Å². The zero-order valence-electron chi connectivity index (χ0n) is 5.99. The van der Waals surface area contributed by atoms with Gasteiger partial charge in [-0.3, -0.25) is 0 Å². The molecule has 0 aromatic carbocycles. The van der Waals surface area contributed by atoms with Gasteiger partial charge in [-0.1, -0.05) is 22.0 Å². The van der Waals surface area contributed by atoms with Crippen LogP contribution in [0.1, 0.15) is 12.8 Å². The molecule has 0 aromatic rings. The number of allylic oxidation sites excluding steroid dienone is 4. The third-order valence-electron chi connectivity index (χ3n) is 1.28. The molecule has 1 aliphatic rings. The van der Waals surface area contributed by atoms with Gasteiger partial charge in [0.1, 0.15) is 5.76 Å². The highest BCUT2D eigenvalue weighted by molar-refractivity contribution is 9.11. The molecule has 0 bridgehead atoms. The van der Waals surface area contributed by atoms with Crippen molar-refractivity contribution in [2.45, 2.75) is 19.2 Å². The van der Waals surface area contributed by atoms with Crippen molar-refractivity contribution in [3.05, 3.63) is 22.4 Å². The van der Waals surface area contributed by atoms with Crippen LogP contribution in [-0.2, 0) is 4.74 Å². The molecule has 68 valence electrons. The average molecular weight is 243 g/mol. The molecule has 0 saturated carbocycles. The number of hydrogen-bond acceptors (Lipinski definition) is 1. The first-order valence-corrected chi connectivity index (χ1v) is 4.09. The standard InChI is InChI=1S/C7H6BrF3O/c8-5-2-1-3-6(4-5)12-7(9,10)11/h2,4H,1,3H2. The lowest BCUT2D eigenvalue weighted by molar-refractivity contribution is -0.306. The Labute approximate surface area is 76.0 Å². The Morgan fingerprint density at radius 1 is 1.42 bits per heavy atom. The molecule has 0 fully saturated rings. The molecular formula is C7H6BrF3O. The molecular weight excluding hydrogens is 237 g/mol. The Hall–Kier alpha value is -0.450. The minimum atomic E-state index is -4.57. The third-order valence-corrected chi connectivity index (χ3v) is 1.83. The molecule has 12 heavy (non-hydrogen) atoms. The van der Waals surface area contributed by atoms with E-state index in [1.54, 1.807) is 6.08 Å². The lowest BCUT2D eigenvalue weighted by atomic mass is 10.2. The molecule has 0 amide bonds. The Bertz CT molecular complexity index is 229. The summed E-state index contributed by atoms with van der Waals surface area (Å²) < 4.78 is 39.4. The average Bonchev–Trinajstić information content (AvgIpc) is 1.82. The monoisotopic (exact) mass is 242 g/mol. The SMILES string of the molecule is FC(F)(F)OC1=CC(Br)=CCC1. The van der Waals surface area contributed by atoms with Gasteiger partial charge in [-0.25, -0.2) is 0 Å². The largest absolute Gasteiger partial charge is 0.572 e. The second-order valence-electron chi connectivity index (χ2n) is 2.29. The lowest BCUT2D eigenvalue weighted by Gasteiger charge is -2.14. The van der Waals surface area contributed by atoms with Crippen molar-refractivity contribution in [3.63, 3.8) is 0 Å². The van der Waals surface area contributed by atoms with Crippen LogP contribution in [0.2, 0.25) is 0 Å². The predicted octanol–water partition coefficient (Wildman–Crippen LogP) is 3.48. The van der Waals surface area contributed by atoms with E-state index < -0.39 is 6.36 Å². The lowest BCUT2D eigenvalue weighted by Crippen LogP contribution is -2.13. The fraction of sp³-hybridized carbons (Fsp3) is 0.429. The Balaban J connectivity index is 2.59. The molecule has 0 unspecified atom stereocenters. The maximum atomic E-state index is 11.7. The van der Waals surface area contributed by atoms with Crippen molar-refractivity contribution in [1.82, 2.24) is 0 Å². The highest BCUT2D eigenvalue weighted by atomic mass is 79.9. The fourth-order valence-corrected chi connectivity index (χ4v) is 1.35. The molecule has 0 aliphatic heterocycles. The van der Waals surface area contributed by atoms with Gasteiger partial charge >= 0.3 is 6.36 Å². The van der Waals surface area contributed by atoms with Crippen LogP contribution in [0.3, 0.4) is 0 Å². The zero-order valence-corrected chi connectivity index (χ0v) is 7.58. The Kier molecular flexibility index (Phi) is 2.82. The van der Waals surface area contributed by atoms with Crippen LogP contribution in [-0.4, -0.2) is 6.36 Å². The first-order chi connectivity index (χ1) is 5.47. The normalized spacial score (nSPS) is 18.3. The first kappa shape index (κ1) is 9.64. The van der Waals surface area contributed by atoms with E-state index in [0.29, 0.717) is 17.3 Å². The summed E-state index contributed by atoms with van der Waals surface area (Å²) in [7, 11) is 0. The number of halogens is 4. The van der Waals surface area contributed by atoms with Gasteiger partial charge in [0.2, 0.25) is 0 Å². The maximum absolute atomic E-state index is 11.7. The number of rotatable bonds is 1. The second kappa shape index (κ2) is 3.51. The Morgan fingerprint density at radius 3 is 2.58 bits per heavy atom. The minimum Gasteiger partial charge on any atom is -0.410 e. The molecule has 0 saturated heterocycles. The van der Waals surface area contributed by atoms with Gasteiger partial charge in [-0.15, -0.1) is 13.2 Å². The van der Waals surface area contributed by atoms with E-state index in [0.717, 1.165) is 0 Å². The van der Waals surface area contributed by atoms with Crippen LogP contribution in [0.5, 0.6) is 0 Å². The molecule has 0 N–H and O–H groups in total. The van der Waals surface area contributed by atoms with Crippen molar-refractivity contribution in [2.75, 3.05) is 0 Å². The molecule has 1 nitrogen and oxygen atoms in total. The van der Waals surface area contributed by atoms with Gasteiger partial charge in [0.05, 0.1) is 0 Å². The molecule has 0 aromatic heterocycles. The smallest absolute Gasteiger partial charge is 0.410 e. The van der Waals surface area contributed by atoms with Crippen LogP contribution >= 0.6 is 15.9 Å². The molecule has 5 heteroatoms. The number of hydrogen-bond donors (Lipinski definition) is 0. The van der Waals surface area contributed by atoms with Gasteiger partial charge in [0.15, 0.2) is 0 Å². The second-order valence-corrected chi connectivity index (χ2v) is 3.20. The van der Waals surface area contributed by atoms with Crippen molar-refractivity contribution in [2.24, 2.45) is 0 Å². The molecule has 1 rings (SSSR count). The predicted molar refractivity (Wildman–Crippen MR) is 41.5 cm³/mol. The van der Waals surface area contributed by atoms with E-state index in [4.69, 9.17) is 0 Å². The number of alkyl halides is 3. The fourth-order valence-electron chi connectivity index (χ4n) is 0.866. The quantitative estimate of drug-likeness (QED) is 0.685. The summed E-state index contributed by atoms with van der Waals surface area (Å²) in [4.78, 5) is 0. The topological polar surface area (TPSA) is 9.23 Å². The summed E-state index contributed by atoms with van der Waals surface area (Å²) >= 11 is 3.07. The molecule has 0 heterocycles. The first-order valence-electron chi connectivity index (χ1n) is 3.29. The van der Waals surface area contributed by atoms with E-state index in [2.05, 4.69) is 20.7 Å². The minimum absolute atomic E-state index is 0.0446. The van der Waals surface area contributed by atoms with Gasteiger partial charge in [0.25, 0.3) is 0 Å². The molecule has 0 radical (unpaired) electrons. The van der Waals surface area contributed by atoms with Gasteiger partial charge in [0, 0.05) is 10.9 Å². The summed E-state index contributed by atoms with van der Waals surface area (Å²) in [5, 5.41) is 0. The molecule has 1 aliphatic carbocycles. The van der Waals surface area contributed by atoms with E-state index in [1.807, 2.05) is 0 Å². The molecule has 0 atom stereocenters. The van der Waals surface area contributed by atoms with E-state index >= 15 is 0 Å². The van der Waals surface area contributed by atoms with Crippen LogP contribution in [0.25, 0.3) is 0 Å². The highest BCUT2D eigenvalue weighted by Gasteiger charge is 2.32. The zero-order chi connectivity index (χ0) is 9.19. The maximum Gasteiger partial charge on any atom is 0.572 e.